The molecule has 0 unspecified atom stereocenters. The highest BCUT2D eigenvalue weighted by molar-refractivity contribution is 5.87. The standard InChI is InChI=1S/C15H14/c1-3-6-12(2)14-10-9-13-7-4-5-8-15(13)11-14/h3-11H,2H2,1H3/b6-3+. The first kappa shape index (κ1) is 9.72. The summed E-state index contributed by atoms with van der Waals surface area (Å²) >= 11 is 0. The smallest absolute Gasteiger partial charge is 0.0178 e. The van der Waals surface area contributed by atoms with Gasteiger partial charge in [0.2, 0.25) is 0 Å². The highest BCUT2D eigenvalue weighted by Gasteiger charge is 1.96. The maximum Gasteiger partial charge on any atom is -0.0178 e. The van der Waals surface area contributed by atoms with Crippen molar-refractivity contribution in [2.45, 2.75) is 6.92 Å². The molecule has 0 heterocycles. The van der Waals surface area contributed by atoms with E-state index in [-0.39, 0.29) is 0 Å². The van der Waals surface area contributed by atoms with E-state index in [9.17, 15) is 0 Å². The van der Waals surface area contributed by atoms with E-state index in [4.69, 9.17) is 0 Å². The Kier molecular flexibility index (Phi) is 2.68. The van der Waals surface area contributed by atoms with Crippen molar-refractivity contribution in [3.8, 4) is 0 Å². The van der Waals surface area contributed by atoms with Crippen LogP contribution >= 0.6 is 0 Å². The molecule has 0 N–H and O–H groups in total. The fraction of sp³-hybridized carbons (Fsp3) is 0.0667. The third-order valence-electron chi connectivity index (χ3n) is 2.49. The van der Waals surface area contributed by atoms with Crippen molar-refractivity contribution in [1.29, 1.82) is 0 Å². The normalized spacial score (nSPS) is 11.0. The summed E-state index contributed by atoms with van der Waals surface area (Å²) in [6.07, 6.45) is 4.04. The summed E-state index contributed by atoms with van der Waals surface area (Å²) in [6.45, 7) is 6.04. The van der Waals surface area contributed by atoms with E-state index < -0.39 is 0 Å². The molecule has 0 bridgehead atoms. The summed E-state index contributed by atoms with van der Waals surface area (Å²) < 4.78 is 0. The Morgan fingerprint density at radius 1 is 1.07 bits per heavy atom. The topological polar surface area (TPSA) is 0 Å². The highest BCUT2D eigenvalue weighted by atomic mass is 14.0. The Morgan fingerprint density at radius 3 is 2.53 bits per heavy atom. The lowest BCUT2D eigenvalue weighted by Gasteiger charge is -2.03. The van der Waals surface area contributed by atoms with Crippen LogP contribution in [-0.2, 0) is 0 Å². The molecule has 0 aliphatic rings. The molecule has 2 aromatic carbocycles. The van der Waals surface area contributed by atoms with Crippen LogP contribution in [0, 0.1) is 0 Å². The largest absolute Gasteiger partial charge is 0.0912 e. The van der Waals surface area contributed by atoms with Gasteiger partial charge in [-0.1, -0.05) is 55.1 Å². The van der Waals surface area contributed by atoms with Gasteiger partial charge in [-0.25, -0.2) is 0 Å². The highest BCUT2D eigenvalue weighted by Crippen LogP contribution is 2.20. The summed E-state index contributed by atoms with van der Waals surface area (Å²) in [6, 6.07) is 14.8. The summed E-state index contributed by atoms with van der Waals surface area (Å²) in [7, 11) is 0. The van der Waals surface area contributed by atoms with Crippen LogP contribution in [0.3, 0.4) is 0 Å². The van der Waals surface area contributed by atoms with Crippen molar-refractivity contribution in [1.82, 2.24) is 0 Å². The van der Waals surface area contributed by atoms with Gasteiger partial charge in [0.05, 0.1) is 0 Å². The molecule has 0 heteroatoms. The summed E-state index contributed by atoms with van der Waals surface area (Å²) in [4.78, 5) is 0. The van der Waals surface area contributed by atoms with Crippen LogP contribution in [0.5, 0.6) is 0 Å². The fourth-order valence-corrected chi connectivity index (χ4v) is 1.69. The van der Waals surface area contributed by atoms with Crippen molar-refractivity contribution in [2.24, 2.45) is 0 Å². The minimum Gasteiger partial charge on any atom is -0.0912 e. The second kappa shape index (κ2) is 4.14. The first-order valence-corrected chi connectivity index (χ1v) is 5.12. The van der Waals surface area contributed by atoms with Crippen LogP contribution in [0.4, 0.5) is 0 Å². The van der Waals surface area contributed by atoms with E-state index in [0.29, 0.717) is 0 Å². The van der Waals surface area contributed by atoms with Gasteiger partial charge in [0.1, 0.15) is 0 Å². The lowest BCUT2D eigenvalue weighted by atomic mass is 10.0. The second-order valence-corrected chi connectivity index (χ2v) is 3.59. The number of hydrogen-bond donors (Lipinski definition) is 0. The van der Waals surface area contributed by atoms with Crippen LogP contribution in [0.15, 0.2) is 61.2 Å². The van der Waals surface area contributed by atoms with Gasteiger partial charge in [0, 0.05) is 0 Å². The molecular formula is C15H14. The molecule has 0 spiro atoms. The van der Waals surface area contributed by atoms with E-state index in [0.717, 1.165) is 5.57 Å². The van der Waals surface area contributed by atoms with Gasteiger partial charge in [-0.3, -0.25) is 0 Å². The Hall–Kier alpha value is -1.82. The lowest BCUT2D eigenvalue weighted by molar-refractivity contribution is 1.65. The number of hydrogen-bond acceptors (Lipinski definition) is 0. The molecule has 0 saturated carbocycles. The van der Waals surface area contributed by atoms with Crippen LogP contribution in [0.25, 0.3) is 16.3 Å². The molecule has 15 heavy (non-hydrogen) atoms. The van der Waals surface area contributed by atoms with E-state index in [1.165, 1.54) is 16.3 Å². The van der Waals surface area contributed by atoms with Crippen molar-refractivity contribution in [3.63, 3.8) is 0 Å². The average molecular weight is 194 g/mol. The summed E-state index contributed by atoms with van der Waals surface area (Å²) in [5.41, 5.74) is 2.25. The van der Waals surface area contributed by atoms with Crippen molar-refractivity contribution >= 4 is 16.3 Å². The van der Waals surface area contributed by atoms with E-state index in [2.05, 4.69) is 49.0 Å². The van der Waals surface area contributed by atoms with Crippen molar-refractivity contribution in [3.05, 3.63) is 66.8 Å². The fourth-order valence-electron chi connectivity index (χ4n) is 1.69. The van der Waals surface area contributed by atoms with Gasteiger partial charge in [0.15, 0.2) is 0 Å². The quantitative estimate of drug-likeness (QED) is 0.620. The Balaban J connectivity index is 2.51. The predicted octanol–water partition coefficient (Wildman–Crippen LogP) is 4.43. The SMILES string of the molecule is C=C(/C=C/C)c1ccc2ccccc2c1. The molecule has 0 saturated heterocycles. The van der Waals surface area contributed by atoms with Gasteiger partial charge < -0.3 is 0 Å². The van der Waals surface area contributed by atoms with Gasteiger partial charge in [-0.2, -0.15) is 0 Å². The molecule has 0 aliphatic heterocycles. The van der Waals surface area contributed by atoms with E-state index >= 15 is 0 Å². The van der Waals surface area contributed by atoms with Crippen LogP contribution in [0.2, 0.25) is 0 Å². The van der Waals surface area contributed by atoms with Crippen molar-refractivity contribution in [2.75, 3.05) is 0 Å². The lowest BCUT2D eigenvalue weighted by Crippen LogP contribution is -1.79. The molecule has 0 fully saturated rings. The Labute approximate surface area is 90.6 Å². The number of fused-ring (bicyclic) bond motifs is 1. The minimum atomic E-state index is 1.06. The minimum absolute atomic E-state index is 1.06. The van der Waals surface area contributed by atoms with Gasteiger partial charge in [-0.05, 0) is 34.9 Å². The first-order valence-electron chi connectivity index (χ1n) is 5.12. The Bertz CT molecular complexity index is 518. The average Bonchev–Trinajstić information content (AvgIpc) is 2.29. The summed E-state index contributed by atoms with van der Waals surface area (Å²) in [5, 5.41) is 2.54. The maximum absolute atomic E-state index is 4.03. The molecule has 0 aromatic heterocycles. The molecule has 0 atom stereocenters. The van der Waals surface area contributed by atoms with Crippen LogP contribution < -0.4 is 0 Å². The molecular weight excluding hydrogens is 180 g/mol. The zero-order valence-corrected chi connectivity index (χ0v) is 8.90. The number of rotatable bonds is 2. The number of benzene rings is 2. The van der Waals surface area contributed by atoms with Crippen molar-refractivity contribution < 1.29 is 0 Å². The molecule has 0 nitrogen and oxygen atoms in total. The Morgan fingerprint density at radius 2 is 1.80 bits per heavy atom. The molecule has 2 rings (SSSR count). The maximum atomic E-state index is 4.03. The van der Waals surface area contributed by atoms with Gasteiger partial charge in [-0.15, -0.1) is 0 Å². The first-order chi connectivity index (χ1) is 7.31. The zero-order chi connectivity index (χ0) is 10.7. The second-order valence-electron chi connectivity index (χ2n) is 3.59. The molecule has 2 aromatic rings. The summed E-state index contributed by atoms with van der Waals surface area (Å²) in [5.74, 6) is 0. The molecule has 74 valence electrons. The van der Waals surface area contributed by atoms with E-state index in [1.807, 2.05) is 19.1 Å². The van der Waals surface area contributed by atoms with Crippen LogP contribution in [-0.4, -0.2) is 0 Å². The molecule has 0 radical (unpaired) electrons. The monoisotopic (exact) mass is 194 g/mol. The third kappa shape index (κ3) is 1.99. The predicted molar refractivity (Wildman–Crippen MR) is 67.8 cm³/mol. The zero-order valence-electron chi connectivity index (χ0n) is 8.90. The molecule has 0 amide bonds. The number of allylic oxidation sites excluding steroid dienone is 3. The van der Waals surface area contributed by atoms with Gasteiger partial charge in [0.25, 0.3) is 0 Å². The van der Waals surface area contributed by atoms with E-state index in [1.54, 1.807) is 0 Å². The molecule has 0 aliphatic carbocycles. The third-order valence-corrected chi connectivity index (χ3v) is 2.49. The van der Waals surface area contributed by atoms with Crippen LogP contribution in [0.1, 0.15) is 12.5 Å². The van der Waals surface area contributed by atoms with Gasteiger partial charge >= 0.3 is 0 Å².